The van der Waals surface area contributed by atoms with E-state index >= 15 is 0 Å². The van der Waals surface area contributed by atoms with Crippen molar-refractivity contribution in [1.29, 1.82) is 5.26 Å². The van der Waals surface area contributed by atoms with Crippen LogP contribution in [-0.2, 0) is 0 Å². The Labute approximate surface area is 136 Å². The Morgan fingerprint density at radius 1 is 1.14 bits per heavy atom. The lowest BCUT2D eigenvalue weighted by atomic mass is 10.1. The van der Waals surface area contributed by atoms with Crippen molar-refractivity contribution in [2.24, 2.45) is 0 Å². The Bertz CT molecular complexity index is 925. The number of para-hydroxylation sites is 1. The largest absolute Gasteiger partial charge is 0.383 e. The lowest BCUT2D eigenvalue weighted by Crippen LogP contribution is -2.00. The van der Waals surface area contributed by atoms with Gasteiger partial charge in [-0.05, 0) is 35.9 Å². The molecule has 2 aromatic carbocycles. The van der Waals surface area contributed by atoms with Gasteiger partial charge in [0, 0.05) is 9.86 Å². The van der Waals surface area contributed by atoms with Gasteiger partial charge in [0.2, 0.25) is 0 Å². The van der Waals surface area contributed by atoms with Gasteiger partial charge in [-0.2, -0.15) is 5.26 Å². The first-order valence-electron chi connectivity index (χ1n) is 6.57. The average molecular weight is 351 g/mol. The molecule has 0 aliphatic carbocycles. The minimum absolute atomic E-state index is 0.332. The monoisotopic (exact) mass is 350 g/mol. The lowest BCUT2D eigenvalue weighted by Gasteiger charge is -2.04. The summed E-state index contributed by atoms with van der Waals surface area (Å²) < 4.78 is 0.942. The highest BCUT2D eigenvalue weighted by Gasteiger charge is 2.09. The first-order chi connectivity index (χ1) is 10.7. The molecule has 3 aromatic rings. The second-order valence-corrected chi connectivity index (χ2v) is 5.59. The molecule has 2 N–H and O–H groups in total. The molecule has 0 saturated carbocycles. The Kier molecular flexibility index (Phi) is 3.86. The van der Waals surface area contributed by atoms with Crippen molar-refractivity contribution >= 4 is 44.3 Å². The molecule has 0 saturated heterocycles. The van der Waals surface area contributed by atoms with Crippen LogP contribution >= 0.6 is 15.9 Å². The number of hydrogen-bond donors (Lipinski definition) is 1. The van der Waals surface area contributed by atoms with Gasteiger partial charge in [-0.1, -0.05) is 40.2 Å². The summed E-state index contributed by atoms with van der Waals surface area (Å²) in [6.07, 6.45) is 1.74. The number of benzene rings is 2. The molecule has 22 heavy (non-hydrogen) atoms. The van der Waals surface area contributed by atoms with Crippen LogP contribution in [-0.4, -0.2) is 9.97 Å². The van der Waals surface area contributed by atoms with Gasteiger partial charge in [0.25, 0.3) is 0 Å². The summed E-state index contributed by atoms with van der Waals surface area (Å²) in [5.74, 6) is 0.703. The van der Waals surface area contributed by atoms with E-state index in [0.717, 1.165) is 20.9 Å². The van der Waals surface area contributed by atoms with Gasteiger partial charge >= 0.3 is 0 Å². The van der Waals surface area contributed by atoms with Crippen LogP contribution in [0.15, 0.2) is 53.0 Å². The van der Waals surface area contributed by atoms with Crippen LogP contribution in [0.1, 0.15) is 11.4 Å². The Balaban J connectivity index is 2.14. The Morgan fingerprint density at radius 3 is 2.73 bits per heavy atom. The fourth-order valence-electron chi connectivity index (χ4n) is 2.13. The molecule has 0 radical (unpaired) electrons. The summed E-state index contributed by atoms with van der Waals surface area (Å²) in [6.45, 7) is 0. The topological polar surface area (TPSA) is 75.6 Å². The molecule has 4 nitrogen and oxygen atoms in total. The maximum absolute atomic E-state index is 9.42. The number of allylic oxidation sites excluding steroid dienone is 1. The smallest absolute Gasteiger partial charge is 0.172 e. The predicted molar refractivity (Wildman–Crippen MR) is 91.6 cm³/mol. The van der Waals surface area contributed by atoms with Crippen LogP contribution in [0.4, 0.5) is 5.82 Å². The van der Waals surface area contributed by atoms with Gasteiger partial charge in [-0.3, -0.25) is 0 Å². The first-order valence-corrected chi connectivity index (χ1v) is 7.36. The lowest BCUT2D eigenvalue weighted by molar-refractivity contribution is 1.18. The predicted octanol–water partition coefficient (Wildman–Crippen LogP) is 4.04. The van der Waals surface area contributed by atoms with Crippen molar-refractivity contribution in [3.63, 3.8) is 0 Å². The number of aromatic nitrogens is 2. The highest BCUT2D eigenvalue weighted by molar-refractivity contribution is 9.10. The van der Waals surface area contributed by atoms with Crippen LogP contribution in [0, 0.1) is 11.3 Å². The molecular formula is C17H11BrN4. The summed E-state index contributed by atoms with van der Waals surface area (Å²) in [5, 5.41) is 10.2. The minimum Gasteiger partial charge on any atom is -0.383 e. The molecule has 0 amide bonds. The fraction of sp³-hybridized carbons (Fsp3) is 0. The van der Waals surface area contributed by atoms with Crippen molar-refractivity contribution < 1.29 is 0 Å². The van der Waals surface area contributed by atoms with Crippen LogP contribution in [0.3, 0.4) is 0 Å². The standard InChI is InChI=1S/C17H11BrN4/c18-13-5-3-4-11(9-13)8-12(10-19)17-21-15-7-2-1-6-14(15)16(20)22-17/h1-9H,(H2,20,21,22)/b12-8-. The fourth-order valence-corrected chi connectivity index (χ4v) is 2.55. The zero-order valence-corrected chi connectivity index (χ0v) is 13.1. The van der Waals surface area contributed by atoms with Crippen molar-refractivity contribution in [1.82, 2.24) is 9.97 Å². The number of nitrogens with zero attached hydrogens (tertiary/aromatic N) is 3. The summed E-state index contributed by atoms with van der Waals surface area (Å²) in [4.78, 5) is 8.69. The zero-order chi connectivity index (χ0) is 15.5. The van der Waals surface area contributed by atoms with Crippen LogP contribution in [0.2, 0.25) is 0 Å². The summed E-state index contributed by atoms with van der Waals surface area (Å²) in [7, 11) is 0. The second kappa shape index (κ2) is 5.96. The van der Waals surface area contributed by atoms with Crippen LogP contribution < -0.4 is 5.73 Å². The Hall–Kier alpha value is -2.71. The van der Waals surface area contributed by atoms with Gasteiger partial charge in [0.15, 0.2) is 5.82 Å². The van der Waals surface area contributed by atoms with Gasteiger partial charge in [0.1, 0.15) is 11.9 Å². The third-order valence-electron chi connectivity index (χ3n) is 3.15. The molecule has 106 valence electrons. The van der Waals surface area contributed by atoms with Crippen molar-refractivity contribution in [2.75, 3.05) is 5.73 Å². The van der Waals surface area contributed by atoms with Crippen LogP contribution in [0.5, 0.6) is 0 Å². The van der Waals surface area contributed by atoms with E-state index in [4.69, 9.17) is 5.73 Å². The molecule has 0 unspecified atom stereocenters. The van der Waals surface area contributed by atoms with Crippen molar-refractivity contribution in [2.45, 2.75) is 0 Å². The highest BCUT2D eigenvalue weighted by Crippen LogP contribution is 2.22. The van der Waals surface area contributed by atoms with Gasteiger partial charge in [0.05, 0.1) is 11.1 Å². The number of anilines is 1. The molecule has 0 bridgehead atoms. The normalized spacial score (nSPS) is 11.4. The summed E-state index contributed by atoms with van der Waals surface area (Å²) in [6, 6.07) is 17.3. The average Bonchev–Trinajstić information content (AvgIpc) is 2.52. The van der Waals surface area contributed by atoms with Crippen molar-refractivity contribution in [3.8, 4) is 6.07 Å². The molecule has 1 aromatic heterocycles. The van der Waals surface area contributed by atoms with E-state index in [1.165, 1.54) is 0 Å². The van der Waals surface area contributed by atoms with E-state index < -0.39 is 0 Å². The van der Waals surface area contributed by atoms with E-state index in [-0.39, 0.29) is 0 Å². The molecule has 5 heteroatoms. The van der Waals surface area contributed by atoms with E-state index in [1.807, 2.05) is 48.5 Å². The maximum Gasteiger partial charge on any atom is 0.172 e. The van der Waals surface area contributed by atoms with E-state index in [2.05, 4.69) is 32.0 Å². The molecule has 0 spiro atoms. The van der Waals surface area contributed by atoms with Crippen LogP contribution in [0.25, 0.3) is 22.6 Å². The number of nitrogens with two attached hydrogens (primary N) is 1. The number of nitriles is 1. The highest BCUT2D eigenvalue weighted by atomic mass is 79.9. The quantitative estimate of drug-likeness (QED) is 0.707. The molecule has 0 aliphatic rings. The Morgan fingerprint density at radius 2 is 1.95 bits per heavy atom. The number of fused-ring (bicyclic) bond motifs is 1. The maximum atomic E-state index is 9.42. The third-order valence-corrected chi connectivity index (χ3v) is 3.65. The molecule has 0 fully saturated rings. The molecule has 0 atom stereocenters. The zero-order valence-electron chi connectivity index (χ0n) is 11.5. The number of halogens is 1. The summed E-state index contributed by atoms with van der Waals surface area (Å²) >= 11 is 3.41. The minimum atomic E-state index is 0.332. The number of nitrogen functional groups attached to an aromatic ring is 1. The number of rotatable bonds is 2. The van der Waals surface area contributed by atoms with Crippen molar-refractivity contribution in [3.05, 3.63) is 64.4 Å². The van der Waals surface area contributed by atoms with Gasteiger partial charge < -0.3 is 5.73 Å². The first kappa shape index (κ1) is 14.2. The molecular weight excluding hydrogens is 340 g/mol. The molecule has 1 heterocycles. The number of hydrogen-bond acceptors (Lipinski definition) is 4. The van der Waals surface area contributed by atoms with E-state index in [9.17, 15) is 5.26 Å². The van der Waals surface area contributed by atoms with Gasteiger partial charge in [-0.15, -0.1) is 0 Å². The molecule has 3 rings (SSSR count). The van der Waals surface area contributed by atoms with Gasteiger partial charge in [-0.25, -0.2) is 9.97 Å². The third kappa shape index (κ3) is 2.83. The second-order valence-electron chi connectivity index (χ2n) is 4.67. The SMILES string of the molecule is N#C/C(=C/c1cccc(Br)c1)c1nc(N)c2ccccc2n1. The molecule has 0 aliphatic heterocycles. The van der Waals surface area contributed by atoms with E-state index in [1.54, 1.807) is 6.08 Å². The summed E-state index contributed by atoms with van der Waals surface area (Å²) in [5.41, 5.74) is 7.96. The van der Waals surface area contributed by atoms with E-state index in [0.29, 0.717) is 17.2 Å².